The number of carbonyl (C=O) groups excluding carboxylic acids is 1. The van der Waals surface area contributed by atoms with E-state index in [1.807, 2.05) is 6.07 Å². The Labute approximate surface area is 114 Å². The normalized spacial score (nSPS) is 23.2. The highest BCUT2D eigenvalue weighted by atomic mass is 16.5. The monoisotopic (exact) mass is 262 g/mol. The SMILES string of the molecule is COC(=O)c1ccc(N)c(N2CC(C)CCC2C)c1. The first-order chi connectivity index (χ1) is 9.02. The minimum absolute atomic E-state index is 0.320. The minimum atomic E-state index is -0.320. The third kappa shape index (κ3) is 2.83. The van der Waals surface area contributed by atoms with Crippen molar-refractivity contribution in [2.45, 2.75) is 32.7 Å². The van der Waals surface area contributed by atoms with Gasteiger partial charge in [0.15, 0.2) is 0 Å². The van der Waals surface area contributed by atoms with Crippen LogP contribution in [-0.4, -0.2) is 25.7 Å². The topological polar surface area (TPSA) is 55.6 Å². The average Bonchev–Trinajstić information content (AvgIpc) is 2.41. The van der Waals surface area contributed by atoms with Gasteiger partial charge in [0.1, 0.15) is 0 Å². The van der Waals surface area contributed by atoms with Gasteiger partial charge in [0, 0.05) is 12.6 Å². The third-order valence-corrected chi connectivity index (χ3v) is 3.88. The maximum Gasteiger partial charge on any atom is 0.337 e. The number of ether oxygens (including phenoxy) is 1. The van der Waals surface area contributed by atoms with Gasteiger partial charge in [-0.2, -0.15) is 0 Å². The molecule has 19 heavy (non-hydrogen) atoms. The van der Waals surface area contributed by atoms with Gasteiger partial charge in [-0.15, -0.1) is 0 Å². The summed E-state index contributed by atoms with van der Waals surface area (Å²) in [6, 6.07) is 5.79. The van der Waals surface area contributed by atoms with Crippen LogP contribution in [0.1, 0.15) is 37.0 Å². The van der Waals surface area contributed by atoms with Gasteiger partial charge >= 0.3 is 5.97 Å². The van der Waals surface area contributed by atoms with Crippen LogP contribution in [0.15, 0.2) is 18.2 Å². The molecule has 0 spiro atoms. The lowest BCUT2D eigenvalue weighted by atomic mass is 9.94. The molecule has 0 aromatic heterocycles. The van der Waals surface area contributed by atoms with Crippen LogP contribution in [-0.2, 0) is 4.74 Å². The molecular formula is C15H22N2O2. The maximum absolute atomic E-state index is 11.6. The summed E-state index contributed by atoms with van der Waals surface area (Å²) in [5.74, 6) is 0.330. The van der Waals surface area contributed by atoms with E-state index >= 15 is 0 Å². The zero-order valence-corrected chi connectivity index (χ0v) is 11.8. The summed E-state index contributed by atoms with van der Waals surface area (Å²) in [6.45, 7) is 5.44. The number of hydrogen-bond donors (Lipinski definition) is 1. The number of piperidine rings is 1. The third-order valence-electron chi connectivity index (χ3n) is 3.88. The first kappa shape index (κ1) is 13.7. The zero-order valence-electron chi connectivity index (χ0n) is 11.8. The fourth-order valence-electron chi connectivity index (χ4n) is 2.66. The molecule has 4 nitrogen and oxygen atoms in total. The van der Waals surface area contributed by atoms with E-state index in [-0.39, 0.29) is 5.97 Å². The molecule has 0 saturated carbocycles. The molecule has 1 fully saturated rings. The molecule has 0 aliphatic carbocycles. The van der Waals surface area contributed by atoms with Crippen LogP contribution in [0.25, 0.3) is 0 Å². The van der Waals surface area contributed by atoms with Crippen LogP contribution in [0, 0.1) is 5.92 Å². The summed E-state index contributed by atoms with van der Waals surface area (Å²) in [4.78, 5) is 13.9. The largest absolute Gasteiger partial charge is 0.465 e. The smallest absolute Gasteiger partial charge is 0.337 e. The second-order valence-corrected chi connectivity index (χ2v) is 5.45. The minimum Gasteiger partial charge on any atom is -0.465 e. The predicted octanol–water partition coefficient (Wildman–Crippen LogP) is 2.68. The van der Waals surface area contributed by atoms with Crippen LogP contribution >= 0.6 is 0 Å². The Balaban J connectivity index is 2.34. The molecule has 0 bridgehead atoms. The number of nitrogen functional groups attached to an aromatic ring is 1. The Morgan fingerprint density at radius 1 is 1.37 bits per heavy atom. The molecule has 1 aromatic rings. The van der Waals surface area contributed by atoms with Crippen molar-refractivity contribution < 1.29 is 9.53 Å². The molecule has 1 aromatic carbocycles. The van der Waals surface area contributed by atoms with E-state index < -0.39 is 0 Å². The standard InChI is InChI=1S/C15H22N2O2/c1-10-4-5-11(2)17(9-10)14-8-12(15(18)19-3)6-7-13(14)16/h6-8,10-11H,4-5,9,16H2,1-3H3. The van der Waals surface area contributed by atoms with Crippen molar-refractivity contribution in [1.82, 2.24) is 0 Å². The number of nitrogens with two attached hydrogens (primary N) is 1. The van der Waals surface area contributed by atoms with Gasteiger partial charge in [0.25, 0.3) is 0 Å². The molecule has 0 radical (unpaired) electrons. The molecular weight excluding hydrogens is 240 g/mol. The highest BCUT2D eigenvalue weighted by Gasteiger charge is 2.25. The quantitative estimate of drug-likeness (QED) is 0.657. The van der Waals surface area contributed by atoms with Crippen LogP contribution in [0.3, 0.4) is 0 Å². The lowest BCUT2D eigenvalue weighted by Crippen LogP contribution is -2.41. The summed E-state index contributed by atoms with van der Waals surface area (Å²) in [7, 11) is 1.39. The zero-order chi connectivity index (χ0) is 14.0. The van der Waals surface area contributed by atoms with Crippen LogP contribution in [0.5, 0.6) is 0 Å². The number of hydrogen-bond acceptors (Lipinski definition) is 4. The Hall–Kier alpha value is -1.71. The Morgan fingerprint density at radius 3 is 2.79 bits per heavy atom. The highest BCUT2D eigenvalue weighted by molar-refractivity contribution is 5.92. The second kappa shape index (κ2) is 5.51. The van der Waals surface area contributed by atoms with Crippen molar-refractivity contribution in [1.29, 1.82) is 0 Å². The summed E-state index contributed by atoms with van der Waals surface area (Å²) in [5.41, 5.74) is 8.29. The van der Waals surface area contributed by atoms with E-state index in [4.69, 9.17) is 10.5 Å². The van der Waals surface area contributed by atoms with E-state index in [0.29, 0.717) is 23.2 Å². The molecule has 1 heterocycles. The fraction of sp³-hybridized carbons (Fsp3) is 0.533. The number of carbonyl (C=O) groups is 1. The van der Waals surface area contributed by atoms with Gasteiger partial charge in [-0.25, -0.2) is 4.79 Å². The molecule has 1 aliphatic heterocycles. The van der Waals surface area contributed by atoms with Crippen LogP contribution < -0.4 is 10.6 Å². The molecule has 1 saturated heterocycles. The maximum atomic E-state index is 11.6. The Morgan fingerprint density at radius 2 is 2.11 bits per heavy atom. The molecule has 4 heteroatoms. The van der Waals surface area contributed by atoms with E-state index in [2.05, 4.69) is 18.7 Å². The molecule has 2 unspecified atom stereocenters. The molecule has 2 atom stereocenters. The van der Waals surface area contributed by atoms with Crippen molar-refractivity contribution in [3.05, 3.63) is 23.8 Å². The van der Waals surface area contributed by atoms with E-state index in [0.717, 1.165) is 18.7 Å². The van der Waals surface area contributed by atoms with Crippen molar-refractivity contribution in [3.8, 4) is 0 Å². The van der Waals surface area contributed by atoms with Gasteiger partial charge in [0.05, 0.1) is 24.0 Å². The van der Waals surface area contributed by atoms with Gasteiger partial charge in [-0.3, -0.25) is 0 Å². The number of nitrogens with zero attached hydrogens (tertiary/aromatic N) is 1. The molecule has 1 aliphatic rings. The van der Waals surface area contributed by atoms with E-state index in [1.54, 1.807) is 12.1 Å². The van der Waals surface area contributed by atoms with E-state index in [9.17, 15) is 4.79 Å². The van der Waals surface area contributed by atoms with Gasteiger partial charge in [-0.05, 0) is 43.9 Å². The Bertz CT molecular complexity index is 473. The second-order valence-electron chi connectivity index (χ2n) is 5.45. The molecule has 0 amide bonds. The molecule has 2 N–H and O–H groups in total. The highest BCUT2D eigenvalue weighted by Crippen LogP contribution is 2.32. The summed E-state index contributed by atoms with van der Waals surface area (Å²) in [6.07, 6.45) is 2.40. The summed E-state index contributed by atoms with van der Waals surface area (Å²) < 4.78 is 4.77. The lowest BCUT2D eigenvalue weighted by Gasteiger charge is -2.39. The van der Waals surface area contributed by atoms with Crippen molar-refractivity contribution >= 4 is 17.3 Å². The first-order valence-electron chi connectivity index (χ1n) is 6.77. The fourth-order valence-corrected chi connectivity index (χ4v) is 2.66. The number of benzene rings is 1. The number of esters is 1. The molecule has 2 rings (SSSR count). The first-order valence-corrected chi connectivity index (χ1v) is 6.77. The molecule has 104 valence electrons. The average molecular weight is 262 g/mol. The van der Waals surface area contributed by atoms with Crippen LogP contribution in [0.2, 0.25) is 0 Å². The number of rotatable bonds is 2. The summed E-state index contributed by atoms with van der Waals surface area (Å²) >= 11 is 0. The van der Waals surface area contributed by atoms with Crippen molar-refractivity contribution in [3.63, 3.8) is 0 Å². The van der Waals surface area contributed by atoms with Crippen LogP contribution in [0.4, 0.5) is 11.4 Å². The summed E-state index contributed by atoms with van der Waals surface area (Å²) in [5, 5.41) is 0. The Kier molecular flexibility index (Phi) is 3.98. The van der Waals surface area contributed by atoms with Gasteiger partial charge in [-0.1, -0.05) is 6.92 Å². The lowest BCUT2D eigenvalue weighted by molar-refractivity contribution is 0.0601. The van der Waals surface area contributed by atoms with Gasteiger partial charge in [0.2, 0.25) is 0 Å². The number of methoxy groups -OCH3 is 1. The van der Waals surface area contributed by atoms with E-state index in [1.165, 1.54) is 13.5 Å². The van der Waals surface area contributed by atoms with Crippen molar-refractivity contribution in [2.75, 3.05) is 24.3 Å². The van der Waals surface area contributed by atoms with Gasteiger partial charge < -0.3 is 15.4 Å². The predicted molar refractivity (Wildman–Crippen MR) is 77.4 cm³/mol. The van der Waals surface area contributed by atoms with Crippen molar-refractivity contribution in [2.24, 2.45) is 5.92 Å². The number of anilines is 2.